The summed E-state index contributed by atoms with van der Waals surface area (Å²) in [4.78, 5) is 2.58. The number of hydrogen-bond acceptors (Lipinski definition) is 2. The quantitative estimate of drug-likeness (QED) is 0.730. The number of rotatable bonds is 7. The molecule has 1 heterocycles. The van der Waals surface area contributed by atoms with E-state index in [2.05, 4.69) is 58.8 Å². The molecule has 3 rings (SSSR count). The van der Waals surface area contributed by atoms with E-state index in [0.29, 0.717) is 6.04 Å². The summed E-state index contributed by atoms with van der Waals surface area (Å²) in [6.45, 7) is 4.22. The van der Waals surface area contributed by atoms with Crippen molar-refractivity contribution in [3.63, 3.8) is 0 Å². The second-order valence-corrected chi connectivity index (χ2v) is 6.72. The number of benzene rings is 2. The van der Waals surface area contributed by atoms with Crippen LogP contribution in [0.25, 0.3) is 6.08 Å². The molecule has 2 nitrogen and oxygen atoms in total. The van der Waals surface area contributed by atoms with E-state index in [1.54, 1.807) is 0 Å². The second-order valence-electron chi connectivity index (χ2n) is 6.28. The van der Waals surface area contributed by atoms with E-state index < -0.39 is 0 Å². The van der Waals surface area contributed by atoms with Crippen LogP contribution in [-0.4, -0.2) is 31.1 Å². The van der Waals surface area contributed by atoms with Crippen molar-refractivity contribution in [2.75, 3.05) is 26.2 Å². The predicted octanol–water partition coefficient (Wildman–Crippen LogP) is 4.78. The summed E-state index contributed by atoms with van der Waals surface area (Å²) in [5.74, 6) is 0. The number of nitrogens with zero attached hydrogens (tertiary/aromatic N) is 1. The van der Waals surface area contributed by atoms with Crippen molar-refractivity contribution in [2.45, 2.75) is 18.9 Å². The zero-order valence-electron chi connectivity index (χ0n) is 14.0. The summed E-state index contributed by atoms with van der Waals surface area (Å²) in [5, 5.41) is 4.39. The van der Waals surface area contributed by atoms with Gasteiger partial charge in [0.15, 0.2) is 0 Å². The van der Waals surface area contributed by atoms with Gasteiger partial charge in [0.1, 0.15) is 0 Å². The maximum absolute atomic E-state index is 6.04. The zero-order valence-corrected chi connectivity index (χ0v) is 14.8. The third-order valence-corrected chi connectivity index (χ3v) is 4.80. The van der Waals surface area contributed by atoms with Crippen molar-refractivity contribution < 1.29 is 0 Å². The van der Waals surface area contributed by atoms with Crippen LogP contribution in [0.3, 0.4) is 0 Å². The van der Waals surface area contributed by atoms with Crippen molar-refractivity contribution in [3.05, 3.63) is 76.8 Å². The van der Waals surface area contributed by atoms with Crippen LogP contribution in [0.5, 0.6) is 0 Å². The lowest BCUT2D eigenvalue weighted by Gasteiger charge is -2.28. The fourth-order valence-corrected chi connectivity index (χ4v) is 3.38. The van der Waals surface area contributed by atoms with Crippen molar-refractivity contribution in [3.8, 4) is 0 Å². The smallest absolute Gasteiger partial charge is 0.0472 e. The van der Waals surface area contributed by atoms with Gasteiger partial charge in [0.25, 0.3) is 0 Å². The van der Waals surface area contributed by atoms with Gasteiger partial charge in [-0.3, -0.25) is 4.90 Å². The molecule has 1 saturated heterocycles. The second kappa shape index (κ2) is 9.03. The highest BCUT2D eigenvalue weighted by molar-refractivity contribution is 6.30. The van der Waals surface area contributed by atoms with Gasteiger partial charge in [-0.05, 0) is 49.2 Å². The Morgan fingerprint density at radius 2 is 1.71 bits per heavy atom. The molecule has 24 heavy (non-hydrogen) atoms. The van der Waals surface area contributed by atoms with E-state index in [-0.39, 0.29) is 0 Å². The molecule has 0 bridgehead atoms. The van der Waals surface area contributed by atoms with Gasteiger partial charge in [0.05, 0.1) is 0 Å². The van der Waals surface area contributed by atoms with Gasteiger partial charge < -0.3 is 5.32 Å². The molecule has 2 aromatic rings. The monoisotopic (exact) mass is 340 g/mol. The Morgan fingerprint density at radius 1 is 1.00 bits per heavy atom. The van der Waals surface area contributed by atoms with Gasteiger partial charge in [-0.25, -0.2) is 0 Å². The van der Waals surface area contributed by atoms with E-state index in [1.165, 1.54) is 37.1 Å². The fraction of sp³-hybridized carbons (Fsp3) is 0.333. The maximum Gasteiger partial charge on any atom is 0.0472 e. The Labute approximate surface area is 150 Å². The van der Waals surface area contributed by atoms with Crippen molar-refractivity contribution in [2.24, 2.45) is 0 Å². The van der Waals surface area contributed by atoms with Gasteiger partial charge in [0.2, 0.25) is 0 Å². The standard InChI is InChI=1S/C21H25ClN2/c22-20-12-10-19(11-13-20)21(24-15-4-5-16-24)17-23-14-6-9-18-7-2-1-3-8-18/h1-3,6-13,21,23H,4-5,14-17H2/b9-6+. The molecule has 1 atom stereocenters. The highest BCUT2D eigenvalue weighted by Crippen LogP contribution is 2.25. The molecule has 1 N–H and O–H groups in total. The number of hydrogen-bond donors (Lipinski definition) is 1. The molecule has 1 aliphatic rings. The Morgan fingerprint density at radius 3 is 2.42 bits per heavy atom. The third kappa shape index (κ3) is 4.94. The Bertz CT molecular complexity index is 631. The third-order valence-electron chi connectivity index (χ3n) is 4.55. The van der Waals surface area contributed by atoms with Gasteiger partial charge in [-0.2, -0.15) is 0 Å². The summed E-state index contributed by atoms with van der Waals surface area (Å²) in [5.41, 5.74) is 2.59. The Kier molecular flexibility index (Phi) is 6.48. The average molecular weight is 341 g/mol. The van der Waals surface area contributed by atoms with Crippen LogP contribution in [0.15, 0.2) is 60.7 Å². The van der Waals surface area contributed by atoms with Gasteiger partial charge in [0, 0.05) is 24.2 Å². The first-order valence-electron chi connectivity index (χ1n) is 8.75. The predicted molar refractivity (Wildman–Crippen MR) is 103 cm³/mol. The highest BCUT2D eigenvalue weighted by atomic mass is 35.5. The van der Waals surface area contributed by atoms with Crippen LogP contribution < -0.4 is 5.32 Å². The topological polar surface area (TPSA) is 15.3 Å². The molecule has 0 aromatic heterocycles. The molecule has 0 radical (unpaired) electrons. The van der Waals surface area contributed by atoms with Crippen molar-refractivity contribution in [1.29, 1.82) is 0 Å². The lowest BCUT2D eigenvalue weighted by Crippen LogP contribution is -2.34. The molecule has 2 aromatic carbocycles. The molecule has 1 unspecified atom stereocenters. The summed E-state index contributed by atoms with van der Waals surface area (Å²) < 4.78 is 0. The minimum Gasteiger partial charge on any atom is -0.311 e. The normalized spacial score (nSPS) is 16.7. The minimum atomic E-state index is 0.426. The first-order chi connectivity index (χ1) is 11.8. The van der Waals surface area contributed by atoms with Gasteiger partial charge in [-0.1, -0.05) is 66.2 Å². The SMILES string of the molecule is Clc1ccc(C(CNC/C=C/c2ccccc2)N2CCCC2)cc1. The molecule has 3 heteroatoms. The van der Waals surface area contributed by atoms with Crippen LogP contribution in [-0.2, 0) is 0 Å². The molecule has 0 spiro atoms. The molecule has 1 aliphatic heterocycles. The van der Waals surface area contributed by atoms with E-state index in [1.807, 2.05) is 18.2 Å². The van der Waals surface area contributed by atoms with Crippen LogP contribution >= 0.6 is 11.6 Å². The fourth-order valence-electron chi connectivity index (χ4n) is 3.26. The first kappa shape index (κ1) is 17.2. The zero-order chi connectivity index (χ0) is 16.6. The molecule has 126 valence electrons. The van der Waals surface area contributed by atoms with Crippen LogP contribution in [0.1, 0.15) is 30.0 Å². The van der Waals surface area contributed by atoms with E-state index in [4.69, 9.17) is 11.6 Å². The van der Waals surface area contributed by atoms with E-state index in [0.717, 1.165) is 18.1 Å². The largest absolute Gasteiger partial charge is 0.311 e. The van der Waals surface area contributed by atoms with Crippen LogP contribution in [0, 0.1) is 0 Å². The maximum atomic E-state index is 6.04. The van der Waals surface area contributed by atoms with E-state index >= 15 is 0 Å². The van der Waals surface area contributed by atoms with Crippen molar-refractivity contribution >= 4 is 17.7 Å². The summed E-state index contributed by atoms with van der Waals surface area (Å²) >= 11 is 6.04. The molecule has 0 aliphatic carbocycles. The van der Waals surface area contributed by atoms with Crippen LogP contribution in [0.4, 0.5) is 0 Å². The molecule has 0 saturated carbocycles. The molecular formula is C21H25ClN2. The molecular weight excluding hydrogens is 316 g/mol. The Balaban J connectivity index is 1.56. The van der Waals surface area contributed by atoms with Crippen molar-refractivity contribution in [1.82, 2.24) is 10.2 Å². The van der Waals surface area contributed by atoms with Gasteiger partial charge in [-0.15, -0.1) is 0 Å². The van der Waals surface area contributed by atoms with Gasteiger partial charge >= 0.3 is 0 Å². The van der Waals surface area contributed by atoms with E-state index in [9.17, 15) is 0 Å². The average Bonchev–Trinajstić information content (AvgIpc) is 3.14. The van der Waals surface area contributed by atoms with Crippen LogP contribution in [0.2, 0.25) is 5.02 Å². The minimum absolute atomic E-state index is 0.426. The highest BCUT2D eigenvalue weighted by Gasteiger charge is 2.22. The summed E-state index contributed by atoms with van der Waals surface area (Å²) in [7, 11) is 0. The number of nitrogens with one attached hydrogen (secondary N) is 1. The lowest BCUT2D eigenvalue weighted by molar-refractivity contribution is 0.240. The summed E-state index contributed by atoms with van der Waals surface area (Å²) in [6, 6.07) is 19.2. The molecule has 1 fully saturated rings. The first-order valence-corrected chi connectivity index (χ1v) is 9.12. The summed E-state index contributed by atoms with van der Waals surface area (Å²) in [6.07, 6.45) is 6.97. The number of likely N-dealkylation sites (tertiary alicyclic amines) is 1. The Hall–Kier alpha value is -1.61. The lowest BCUT2D eigenvalue weighted by atomic mass is 10.1. The number of halogens is 1. The molecule has 0 amide bonds.